The van der Waals surface area contributed by atoms with Gasteiger partial charge in [-0.25, -0.2) is 17.9 Å². The lowest BCUT2D eigenvalue weighted by atomic mass is 9.91. The van der Waals surface area contributed by atoms with Crippen molar-refractivity contribution in [2.24, 2.45) is 0 Å². The molecule has 242 valence electrons. The number of likely N-dealkylation sites (tertiary alicyclic amines) is 1. The number of aliphatic hydroxyl groups is 3. The maximum atomic E-state index is 14.5. The smallest absolute Gasteiger partial charge is 0.259 e. The van der Waals surface area contributed by atoms with Crippen molar-refractivity contribution >= 4 is 40.7 Å². The number of nitrogens with zero attached hydrogens (tertiary/aromatic N) is 5. The highest BCUT2D eigenvalue weighted by atomic mass is 35.5. The van der Waals surface area contributed by atoms with E-state index in [0.717, 1.165) is 16.8 Å². The number of rotatable bonds is 7. The molecule has 0 bridgehead atoms. The maximum Gasteiger partial charge on any atom is 0.259 e. The topological polar surface area (TPSA) is 150 Å². The Bertz CT molecular complexity index is 1560. The highest BCUT2D eigenvalue weighted by molar-refractivity contribution is 6.35. The number of hydrogen-bond acceptors (Lipinski definition) is 9. The Balaban J connectivity index is 1.56. The molecule has 3 heterocycles. The van der Waals surface area contributed by atoms with E-state index in [1.54, 1.807) is 0 Å². The minimum atomic E-state index is -1.66. The van der Waals surface area contributed by atoms with Crippen LogP contribution in [-0.2, 0) is 19.1 Å². The Kier molecular flexibility index (Phi) is 9.70. The summed E-state index contributed by atoms with van der Waals surface area (Å²) in [4.78, 5) is 29.2. The molecule has 0 radical (unpaired) electrons. The molecule has 3 aromatic rings. The summed E-state index contributed by atoms with van der Waals surface area (Å²) >= 11 is 12.5. The molecule has 17 heteroatoms. The Morgan fingerprint density at radius 1 is 1.09 bits per heavy atom. The van der Waals surface area contributed by atoms with Crippen molar-refractivity contribution in [2.45, 2.75) is 49.5 Å². The lowest BCUT2D eigenvalue weighted by Crippen LogP contribution is -2.63. The number of carbonyl (C=O) groups excluding carboxylic acids is 2. The monoisotopic (exact) mass is 673 g/mol. The molecule has 2 aliphatic rings. The van der Waals surface area contributed by atoms with Crippen LogP contribution in [0.1, 0.15) is 13.0 Å². The Morgan fingerprint density at radius 2 is 1.73 bits per heavy atom. The summed E-state index contributed by atoms with van der Waals surface area (Å²) < 4.78 is 54.0. The fourth-order valence-electron chi connectivity index (χ4n) is 5.70. The molecule has 2 aliphatic heterocycles. The number of halogens is 5. The molecule has 0 saturated carbocycles. The van der Waals surface area contributed by atoms with E-state index in [9.17, 15) is 38.1 Å². The maximum absolute atomic E-state index is 14.5. The first-order valence-corrected chi connectivity index (χ1v) is 14.4. The molecular weight excluding hydrogens is 646 g/mol. The van der Waals surface area contributed by atoms with Crippen molar-refractivity contribution in [2.75, 3.05) is 31.7 Å². The van der Waals surface area contributed by atoms with Crippen LogP contribution >= 0.6 is 23.2 Å². The predicted molar refractivity (Wildman–Crippen MR) is 153 cm³/mol. The van der Waals surface area contributed by atoms with Gasteiger partial charge in [-0.2, -0.15) is 0 Å². The van der Waals surface area contributed by atoms with Crippen LogP contribution in [0.15, 0.2) is 36.5 Å². The largest absolute Gasteiger partial charge is 0.394 e. The van der Waals surface area contributed by atoms with Gasteiger partial charge in [0, 0.05) is 48.4 Å². The first-order chi connectivity index (χ1) is 21.3. The lowest BCUT2D eigenvalue weighted by molar-refractivity contribution is -0.211. The van der Waals surface area contributed by atoms with Crippen LogP contribution in [0.4, 0.5) is 18.9 Å². The molecule has 45 heavy (non-hydrogen) atoms. The average Bonchev–Trinajstić information content (AvgIpc) is 3.62. The lowest BCUT2D eigenvalue weighted by Gasteiger charge is -2.45. The molecular formula is C28H28Cl2F3N5O7. The standard InChI is InChI=1S/C28H28Cl2F3N5O7/c1-12(40)36-9-20(21(41)10-36)38(16-6-14(29)5-15(30)7-16)28(43)27-26(44-2)24(25(42)22(11-39)45-27)37-8-19(34-35-37)13-3-17(31)23(33)18(32)4-13/h3-8,20-22,24-27,39,41-42H,9-11H2,1-2H3/t20-,21-,22+,24-,25-,26+,27+/m0/s1. The second-order valence-corrected chi connectivity index (χ2v) is 11.6. The minimum Gasteiger partial charge on any atom is -0.394 e. The van der Waals surface area contributed by atoms with Gasteiger partial charge in [0.25, 0.3) is 5.91 Å². The molecule has 0 spiro atoms. The fourth-order valence-corrected chi connectivity index (χ4v) is 6.21. The molecule has 2 amide bonds. The van der Waals surface area contributed by atoms with E-state index in [-0.39, 0.29) is 46.0 Å². The molecule has 2 aromatic carbocycles. The third kappa shape index (κ3) is 6.38. The number of methoxy groups -OCH3 is 1. The second kappa shape index (κ2) is 13.2. The molecule has 12 nitrogen and oxygen atoms in total. The Labute approximate surface area is 264 Å². The van der Waals surface area contributed by atoms with E-state index < -0.39 is 72.6 Å². The molecule has 3 N–H and O–H groups in total. The number of β-amino-alcohol motifs (C(OH)–C–C–N with tert-alkyl or cyclic N) is 1. The van der Waals surface area contributed by atoms with Crippen LogP contribution in [0.5, 0.6) is 0 Å². The fraction of sp³-hybridized carbons (Fsp3) is 0.429. The van der Waals surface area contributed by atoms with Crippen LogP contribution in [0.25, 0.3) is 11.3 Å². The van der Waals surface area contributed by atoms with Crippen LogP contribution in [0.3, 0.4) is 0 Å². The third-order valence-electron chi connectivity index (χ3n) is 7.88. The number of ether oxygens (including phenoxy) is 2. The molecule has 0 aliphatic carbocycles. The molecule has 2 saturated heterocycles. The molecule has 0 unspecified atom stereocenters. The van der Waals surface area contributed by atoms with E-state index in [2.05, 4.69) is 10.3 Å². The number of benzene rings is 2. The summed E-state index contributed by atoms with van der Waals surface area (Å²) in [6.07, 6.45) is -5.79. The summed E-state index contributed by atoms with van der Waals surface area (Å²) in [6.45, 7) is 0.455. The number of aromatic nitrogens is 3. The zero-order valence-corrected chi connectivity index (χ0v) is 25.2. The van der Waals surface area contributed by atoms with Gasteiger partial charge >= 0.3 is 0 Å². The van der Waals surface area contributed by atoms with Gasteiger partial charge < -0.3 is 34.6 Å². The zero-order chi connectivity index (χ0) is 32.7. The van der Waals surface area contributed by atoms with Gasteiger partial charge in [0.15, 0.2) is 23.6 Å². The Morgan fingerprint density at radius 3 is 2.29 bits per heavy atom. The van der Waals surface area contributed by atoms with Gasteiger partial charge in [0.05, 0.1) is 24.9 Å². The quantitative estimate of drug-likeness (QED) is 0.320. The van der Waals surface area contributed by atoms with Crippen LogP contribution in [0.2, 0.25) is 10.0 Å². The number of amides is 2. The summed E-state index contributed by atoms with van der Waals surface area (Å²) in [6, 6.07) is 3.48. The van der Waals surface area contributed by atoms with Gasteiger partial charge in [0.2, 0.25) is 5.91 Å². The van der Waals surface area contributed by atoms with E-state index in [0.29, 0.717) is 0 Å². The van der Waals surface area contributed by atoms with Gasteiger partial charge in [-0.05, 0) is 30.3 Å². The normalized spacial score (nSPS) is 26.7. The summed E-state index contributed by atoms with van der Waals surface area (Å²) in [5.41, 5.74) is -0.0934. The van der Waals surface area contributed by atoms with Crippen LogP contribution < -0.4 is 4.90 Å². The first-order valence-electron chi connectivity index (χ1n) is 13.6. The van der Waals surface area contributed by atoms with Crippen LogP contribution in [0, 0.1) is 17.5 Å². The molecule has 7 atom stereocenters. The van der Waals surface area contributed by atoms with Crippen molar-refractivity contribution < 1.29 is 47.6 Å². The highest BCUT2D eigenvalue weighted by Gasteiger charge is 2.52. The third-order valence-corrected chi connectivity index (χ3v) is 8.31. The Hall–Kier alpha value is -3.31. The molecule has 2 fully saturated rings. The van der Waals surface area contributed by atoms with Gasteiger partial charge in [-0.15, -0.1) is 5.10 Å². The average molecular weight is 674 g/mol. The number of carbonyl (C=O) groups is 2. The summed E-state index contributed by atoms with van der Waals surface area (Å²) in [5, 5.41) is 40.5. The van der Waals surface area contributed by atoms with E-state index in [1.807, 2.05) is 0 Å². The predicted octanol–water partition coefficient (Wildman–Crippen LogP) is 1.97. The van der Waals surface area contributed by atoms with Crippen molar-refractivity contribution in [1.29, 1.82) is 0 Å². The van der Waals surface area contributed by atoms with Crippen molar-refractivity contribution in [1.82, 2.24) is 19.9 Å². The summed E-state index contributed by atoms with van der Waals surface area (Å²) in [5.74, 6) is -5.70. The number of hydrogen-bond donors (Lipinski definition) is 3. The highest BCUT2D eigenvalue weighted by Crippen LogP contribution is 2.37. The van der Waals surface area contributed by atoms with E-state index in [4.69, 9.17) is 32.7 Å². The van der Waals surface area contributed by atoms with Crippen molar-refractivity contribution in [3.05, 3.63) is 64.0 Å². The minimum absolute atomic E-state index is 0.0521. The van der Waals surface area contributed by atoms with Crippen molar-refractivity contribution in [3.8, 4) is 11.3 Å². The number of anilines is 1. The first kappa shape index (κ1) is 33.1. The summed E-state index contributed by atoms with van der Waals surface area (Å²) in [7, 11) is 1.23. The van der Waals surface area contributed by atoms with E-state index >= 15 is 0 Å². The van der Waals surface area contributed by atoms with Crippen molar-refractivity contribution in [3.63, 3.8) is 0 Å². The molecule has 5 rings (SSSR count). The number of aliphatic hydroxyl groups excluding tert-OH is 3. The van der Waals surface area contributed by atoms with E-state index in [1.165, 1.54) is 48.2 Å². The zero-order valence-electron chi connectivity index (χ0n) is 23.7. The van der Waals surface area contributed by atoms with Gasteiger partial charge in [-0.3, -0.25) is 9.59 Å². The van der Waals surface area contributed by atoms with Gasteiger partial charge in [0.1, 0.15) is 30.0 Å². The second-order valence-electron chi connectivity index (χ2n) is 10.7. The van der Waals surface area contributed by atoms with Gasteiger partial charge in [-0.1, -0.05) is 28.4 Å². The van der Waals surface area contributed by atoms with Crippen LogP contribution in [-0.4, -0.2) is 110 Å². The molecule has 1 aromatic heterocycles. The SMILES string of the molecule is CO[C@@H]1[C@@H](n2cc(-c3cc(F)c(F)c(F)c3)nn2)[C@@H](O)[C@@H](CO)O[C@H]1C(=O)N(c1cc(Cl)cc(Cl)c1)[C@H]1CN(C(C)=O)C[C@@H]1O.